The Balaban J connectivity index is 0. The van der Waals surface area contributed by atoms with Crippen LogP contribution in [0.3, 0.4) is 0 Å². The second kappa shape index (κ2) is 6.51. The maximum absolute atomic E-state index is 11.7. The van der Waals surface area contributed by atoms with Gasteiger partial charge in [-0.2, -0.15) is 0 Å². The number of carbonyl (C=O) groups is 2. The van der Waals surface area contributed by atoms with Crippen LogP contribution in [0.15, 0.2) is 29.2 Å². The van der Waals surface area contributed by atoms with Gasteiger partial charge in [0.05, 0.1) is 4.90 Å². The fraction of sp³-hybridized carbons (Fsp3) is 0.385. The molecule has 0 atom stereocenters. The third-order valence-electron chi connectivity index (χ3n) is 2.50. The molecular weight excluding hydrogens is 280 g/mol. The van der Waals surface area contributed by atoms with Crippen LogP contribution in [-0.2, 0) is 26.2 Å². The topological polar surface area (TPSA) is 92.3 Å². The number of carbonyl (C=O) groups excluding carboxylic acids is 2. The smallest absolute Gasteiger partial charge is 0.264 e. The molecule has 7 heteroatoms. The van der Waals surface area contributed by atoms with E-state index in [9.17, 15) is 18.0 Å². The average Bonchev–Trinajstić information content (AvgIpc) is 2.34. The lowest BCUT2D eigenvalue weighted by atomic mass is 10.2. The van der Waals surface area contributed by atoms with Gasteiger partial charge in [-0.15, -0.1) is 0 Å². The van der Waals surface area contributed by atoms with Crippen LogP contribution in [0.5, 0.6) is 0 Å². The summed E-state index contributed by atoms with van der Waals surface area (Å²) in [6.45, 7) is 5.04. The zero-order chi connectivity index (χ0) is 15.3. The van der Waals surface area contributed by atoms with Crippen molar-refractivity contribution in [3.8, 4) is 0 Å². The second-order valence-electron chi connectivity index (χ2n) is 4.68. The van der Waals surface area contributed by atoms with Crippen molar-refractivity contribution in [3.05, 3.63) is 29.8 Å². The van der Waals surface area contributed by atoms with Gasteiger partial charge in [-0.05, 0) is 17.7 Å². The molecule has 2 amide bonds. The van der Waals surface area contributed by atoms with E-state index in [1.165, 1.54) is 12.1 Å². The largest absolute Gasteiger partial charge is 0.352 e. The second-order valence-corrected chi connectivity index (χ2v) is 6.36. The summed E-state index contributed by atoms with van der Waals surface area (Å²) in [6.07, 6.45) is 0. The molecule has 0 aromatic heterocycles. The number of hydrogen-bond acceptors (Lipinski definition) is 4. The lowest BCUT2D eigenvalue weighted by Crippen LogP contribution is -2.28. The predicted octanol–water partition coefficient (Wildman–Crippen LogP) is 1.28. The summed E-state index contributed by atoms with van der Waals surface area (Å²) < 4.78 is 25.3. The highest BCUT2D eigenvalue weighted by molar-refractivity contribution is 7.90. The maximum atomic E-state index is 11.7. The molecule has 2 N–H and O–H groups in total. The van der Waals surface area contributed by atoms with E-state index in [2.05, 4.69) is 5.32 Å². The molecule has 0 bridgehead atoms. The van der Waals surface area contributed by atoms with Gasteiger partial charge >= 0.3 is 0 Å². The maximum Gasteiger partial charge on any atom is 0.264 e. The zero-order valence-corrected chi connectivity index (χ0v) is 12.5. The molecular formula is C13H22N2O4S. The van der Waals surface area contributed by atoms with Crippen molar-refractivity contribution in [1.29, 1.82) is 0 Å². The number of nitrogens with one attached hydrogen (secondary N) is 2. The number of sulfonamides is 1. The van der Waals surface area contributed by atoms with Crippen LogP contribution >= 0.6 is 0 Å². The highest BCUT2D eigenvalue weighted by atomic mass is 32.2. The third kappa shape index (κ3) is 4.65. The van der Waals surface area contributed by atoms with Crippen LogP contribution < -0.4 is 10.0 Å². The number of rotatable bonds is 5. The van der Waals surface area contributed by atoms with Gasteiger partial charge in [0.2, 0.25) is 11.8 Å². The zero-order valence-electron chi connectivity index (χ0n) is 11.6. The van der Waals surface area contributed by atoms with Crippen molar-refractivity contribution in [3.63, 3.8) is 0 Å². The number of benzene rings is 1. The van der Waals surface area contributed by atoms with Crippen molar-refractivity contribution < 1.29 is 20.9 Å². The van der Waals surface area contributed by atoms with E-state index in [1.807, 2.05) is 4.72 Å². The van der Waals surface area contributed by atoms with Crippen molar-refractivity contribution in [1.82, 2.24) is 10.0 Å². The van der Waals surface area contributed by atoms with Gasteiger partial charge in [-0.1, -0.05) is 26.0 Å². The Morgan fingerprint density at radius 3 is 2.20 bits per heavy atom. The Labute approximate surface area is 121 Å². The summed E-state index contributed by atoms with van der Waals surface area (Å²) in [5.41, 5.74) is 0.778. The molecule has 0 radical (unpaired) electrons. The van der Waals surface area contributed by atoms with E-state index >= 15 is 0 Å². The Morgan fingerprint density at radius 1 is 1.20 bits per heavy atom. The van der Waals surface area contributed by atoms with Gasteiger partial charge in [0, 0.05) is 22.2 Å². The van der Waals surface area contributed by atoms with Gasteiger partial charge in [0.1, 0.15) is 0 Å². The minimum absolute atomic E-state index is 0. The molecule has 0 aliphatic rings. The summed E-state index contributed by atoms with van der Waals surface area (Å²) in [6, 6.07) is 5.97. The van der Waals surface area contributed by atoms with Crippen LogP contribution in [0.1, 0.15) is 29.2 Å². The molecule has 0 aliphatic carbocycles. The molecule has 1 aromatic carbocycles. The van der Waals surface area contributed by atoms with Gasteiger partial charge < -0.3 is 5.32 Å². The highest BCUT2D eigenvalue weighted by Crippen LogP contribution is 2.10. The van der Waals surface area contributed by atoms with Crippen LogP contribution in [0, 0.1) is 5.92 Å². The van der Waals surface area contributed by atoms with Gasteiger partial charge in [-0.3, -0.25) is 9.59 Å². The van der Waals surface area contributed by atoms with Gasteiger partial charge in [-0.25, -0.2) is 13.1 Å². The molecule has 20 heavy (non-hydrogen) atoms. The van der Waals surface area contributed by atoms with Crippen LogP contribution in [0.4, 0.5) is 0 Å². The van der Waals surface area contributed by atoms with Crippen molar-refractivity contribution >= 4 is 21.8 Å². The molecule has 1 rings (SSSR count). The van der Waals surface area contributed by atoms with Crippen LogP contribution in [-0.4, -0.2) is 20.2 Å². The quantitative estimate of drug-likeness (QED) is 0.857. The fourth-order valence-electron chi connectivity index (χ4n) is 1.43. The normalized spacial score (nSPS) is 11.2. The van der Waals surface area contributed by atoms with E-state index in [0.29, 0.717) is 6.54 Å². The van der Waals surface area contributed by atoms with Crippen molar-refractivity contribution in [2.45, 2.75) is 32.2 Å². The monoisotopic (exact) mass is 302 g/mol. The molecule has 0 fully saturated rings. The molecule has 0 saturated carbocycles. The van der Waals surface area contributed by atoms with Gasteiger partial charge in [0.25, 0.3) is 10.0 Å². The van der Waals surface area contributed by atoms with Gasteiger partial charge in [0.15, 0.2) is 0 Å². The Kier molecular flexibility index (Phi) is 5.26. The third-order valence-corrected chi connectivity index (χ3v) is 3.95. The summed E-state index contributed by atoms with van der Waals surface area (Å²) >= 11 is 0. The number of amides is 2. The van der Waals surface area contributed by atoms with E-state index in [4.69, 9.17) is 0 Å². The average molecular weight is 302 g/mol. The van der Waals surface area contributed by atoms with E-state index in [-0.39, 0.29) is 19.6 Å². The van der Waals surface area contributed by atoms with E-state index in [0.717, 1.165) is 12.5 Å². The fourth-order valence-corrected chi connectivity index (χ4v) is 2.42. The molecule has 114 valence electrons. The molecule has 0 unspecified atom stereocenters. The van der Waals surface area contributed by atoms with Crippen molar-refractivity contribution in [2.24, 2.45) is 5.92 Å². The minimum atomic E-state index is -3.81. The molecule has 1 aromatic rings. The summed E-state index contributed by atoms with van der Waals surface area (Å²) in [4.78, 5) is 22.2. The molecule has 0 saturated heterocycles. The highest BCUT2D eigenvalue weighted by Gasteiger charge is 2.15. The first kappa shape index (κ1) is 16.2. The predicted molar refractivity (Wildman–Crippen MR) is 78.4 cm³/mol. The number of hydrogen-bond donors (Lipinski definition) is 2. The molecule has 6 nitrogen and oxygen atoms in total. The molecule has 0 heterocycles. The lowest BCUT2D eigenvalue weighted by molar-refractivity contribution is -0.124. The van der Waals surface area contributed by atoms with Crippen LogP contribution in [0.2, 0.25) is 0 Å². The molecule has 0 spiro atoms. The minimum Gasteiger partial charge on any atom is -0.352 e. The standard InChI is InChI=1S/C13H18N2O4S.2H2/c1-9(2)13(17)14-8-11-4-6-12(7-5-11)20(18,19)15-10(3)16;;/h4-7,9H,8H2,1-3H3,(H,14,17)(H,15,16);2*1H. The van der Waals surface area contributed by atoms with E-state index in [1.54, 1.807) is 26.0 Å². The Bertz CT molecular complexity index is 601. The first-order valence-corrected chi connectivity index (χ1v) is 7.60. The van der Waals surface area contributed by atoms with Crippen LogP contribution in [0.25, 0.3) is 0 Å². The summed E-state index contributed by atoms with van der Waals surface area (Å²) in [5.74, 6) is -0.812. The van der Waals surface area contributed by atoms with E-state index < -0.39 is 15.9 Å². The molecule has 0 aliphatic heterocycles. The summed E-state index contributed by atoms with van der Waals surface area (Å²) in [7, 11) is -3.81. The Morgan fingerprint density at radius 2 is 1.75 bits per heavy atom. The lowest BCUT2D eigenvalue weighted by Gasteiger charge is -2.09. The first-order chi connectivity index (χ1) is 9.22. The SMILES string of the molecule is CC(=O)NS(=O)(=O)c1ccc(CNC(=O)C(C)C)cc1.[HH].[HH]. The first-order valence-electron chi connectivity index (χ1n) is 6.12. The summed E-state index contributed by atoms with van der Waals surface area (Å²) in [5, 5.41) is 2.73. The van der Waals surface area contributed by atoms with Crippen molar-refractivity contribution in [2.75, 3.05) is 0 Å². The Hall–Kier alpha value is -1.89.